The van der Waals surface area contributed by atoms with Gasteiger partial charge in [-0.15, -0.1) is 11.8 Å². The molecule has 0 aliphatic carbocycles. The van der Waals surface area contributed by atoms with Crippen LogP contribution in [0.25, 0.3) is 0 Å². The topological polar surface area (TPSA) is 17.1 Å². The fourth-order valence-electron chi connectivity index (χ4n) is 1.11. The molecular formula is C10H10ClFOS2. The van der Waals surface area contributed by atoms with Crippen LogP contribution in [0.1, 0.15) is 12.0 Å². The van der Waals surface area contributed by atoms with Crippen molar-refractivity contribution in [3.05, 3.63) is 22.7 Å². The lowest BCUT2D eigenvalue weighted by Gasteiger charge is -2.09. The summed E-state index contributed by atoms with van der Waals surface area (Å²) in [6.07, 6.45) is 1.34. The van der Waals surface area contributed by atoms with E-state index in [0.29, 0.717) is 22.1 Å². The van der Waals surface area contributed by atoms with Gasteiger partial charge in [0, 0.05) is 22.0 Å². The van der Waals surface area contributed by atoms with Crippen LogP contribution in [-0.4, -0.2) is 12.0 Å². The minimum Gasteiger partial charge on any atom is -0.303 e. The second-order valence-electron chi connectivity index (χ2n) is 2.88. The summed E-state index contributed by atoms with van der Waals surface area (Å²) in [7, 11) is 0. The molecule has 15 heavy (non-hydrogen) atoms. The summed E-state index contributed by atoms with van der Waals surface area (Å²) in [5.41, 5.74) is 0.839. The van der Waals surface area contributed by atoms with Crippen molar-refractivity contribution >= 4 is 41.8 Å². The minimum absolute atomic E-state index is 0.216. The van der Waals surface area contributed by atoms with Gasteiger partial charge in [0.05, 0.1) is 17.2 Å². The average molecular weight is 265 g/mol. The van der Waals surface area contributed by atoms with E-state index in [1.165, 1.54) is 11.8 Å². The lowest BCUT2D eigenvalue weighted by atomic mass is 10.2. The van der Waals surface area contributed by atoms with Crippen LogP contribution in [0, 0.1) is 6.92 Å². The highest BCUT2D eigenvalue weighted by atomic mass is 35.5. The zero-order valence-electron chi connectivity index (χ0n) is 8.13. The molecule has 0 unspecified atom stereocenters. The normalized spacial score (nSPS) is 10.3. The molecular weight excluding hydrogens is 255 g/mol. The van der Waals surface area contributed by atoms with Gasteiger partial charge < -0.3 is 4.79 Å². The molecule has 0 aliphatic rings. The molecule has 0 saturated heterocycles. The molecule has 0 saturated carbocycles. The van der Waals surface area contributed by atoms with Gasteiger partial charge >= 0.3 is 0 Å². The summed E-state index contributed by atoms with van der Waals surface area (Å²) in [6.45, 7) is 1.83. The van der Waals surface area contributed by atoms with Crippen LogP contribution in [0.2, 0.25) is 5.02 Å². The lowest BCUT2D eigenvalue weighted by molar-refractivity contribution is -0.107. The van der Waals surface area contributed by atoms with Crippen LogP contribution in [0.3, 0.4) is 0 Å². The number of halogens is 2. The molecule has 82 valence electrons. The van der Waals surface area contributed by atoms with Gasteiger partial charge in [0.1, 0.15) is 6.29 Å². The molecule has 0 aliphatic heterocycles. The van der Waals surface area contributed by atoms with Crippen molar-refractivity contribution in [2.24, 2.45) is 0 Å². The Balaban J connectivity index is 2.88. The van der Waals surface area contributed by atoms with Gasteiger partial charge in [0.15, 0.2) is 0 Å². The predicted molar refractivity (Wildman–Crippen MR) is 64.6 cm³/mol. The van der Waals surface area contributed by atoms with Crippen molar-refractivity contribution < 1.29 is 8.68 Å². The molecule has 5 heteroatoms. The number of thioether (sulfide) groups is 1. The molecule has 0 aromatic heterocycles. The molecule has 1 nitrogen and oxygen atoms in total. The van der Waals surface area contributed by atoms with Crippen molar-refractivity contribution in [1.82, 2.24) is 0 Å². The Morgan fingerprint density at radius 3 is 2.87 bits per heavy atom. The number of aldehydes is 1. The summed E-state index contributed by atoms with van der Waals surface area (Å²) in [5, 5.41) is 0.612. The molecule has 0 radical (unpaired) electrons. The SMILES string of the molecule is Cc1c(SF)ccc(Cl)c1SCCC=O. The first kappa shape index (κ1) is 12.9. The predicted octanol–water partition coefficient (Wildman–Crippen LogP) is 4.31. The molecule has 0 spiro atoms. The van der Waals surface area contributed by atoms with Crippen LogP contribution in [-0.2, 0) is 4.79 Å². The van der Waals surface area contributed by atoms with Crippen LogP contribution in [0.5, 0.6) is 0 Å². The van der Waals surface area contributed by atoms with E-state index in [0.717, 1.165) is 16.7 Å². The highest BCUT2D eigenvalue weighted by molar-refractivity contribution is 7.99. The highest BCUT2D eigenvalue weighted by Gasteiger charge is 2.09. The molecule has 1 rings (SSSR count). The second-order valence-corrected chi connectivity index (χ2v) is 4.99. The fraction of sp³-hybridized carbons (Fsp3) is 0.300. The van der Waals surface area contributed by atoms with E-state index in [9.17, 15) is 8.68 Å². The maximum Gasteiger partial charge on any atom is 0.120 e. The first-order valence-corrected chi connectivity index (χ1v) is 6.43. The third kappa shape index (κ3) is 3.40. The maximum atomic E-state index is 12.5. The van der Waals surface area contributed by atoms with Gasteiger partial charge in [-0.1, -0.05) is 11.6 Å². The molecule has 0 N–H and O–H groups in total. The Morgan fingerprint density at radius 2 is 2.27 bits per heavy atom. The average Bonchev–Trinajstić information content (AvgIpc) is 2.23. The monoisotopic (exact) mass is 264 g/mol. The summed E-state index contributed by atoms with van der Waals surface area (Å²) in [5.74, 6) is 0.671. The Bertz CT molecular complexity index is 358. The van der Waals surface area contributed by atoms with Crippen LogP contribution in [0.4, 0.5) is 3.89 Å². The largest absolute Gasteiger partial charge is 0.303 e. The van der Waals surface area contributed by atoms with E-state index in [-0.39, 0.29) is 12.1 Å². The van der Waals surface area contributed by atoms with Crippen molar-refractivity contribution in [3.63, 3.8) is 0 Å². The van der Waals surface area contributed by atoms with Gasteiger partial charge in [-0.25, -0.2) is 0 Å². The fourth-order valence-corrected chi connectivity index (χ4v) is 2.83. The van der Waals surface area contributed by atoms with E-state index in [4.69, 9.17) is 11.6 Å². The zero-order valence-corrected chi connectivity index (χ0v) is 10.5. The number of carbonyl (C=O) groups excluding carboxylic acids is 1. The number of carbonyl (C=O) groups is 1. The summed E-state index contributed by atoms with van der Waals surface area (Å²) >= 11 is 7.70. The smallest absolute Gasteiger partial charge is 0.120 e. The van der Waals surface area contributed by atoms with Gasteiger partial charge in [-0.05, 0) is 24.6 Å². The molecule has 0 bridgehead atoms. The molecule has 1 aromatic rings. The van der Waals surface area contributed by atoms with Crippen molar-refractivity contribution in [2.45, 2.75) is 23.1 Å². The molecule has 0 amide bonds. The van der Waals surface area contributed by atoms with E-state index >= 15 is 0 Å². The lowest BCUT2D eigenvalue weighted by Crippen LogP contribution is -1.87. The van der Waals surface area contributed by atoms with Gasteiger partial charge in [0.2, 0.25) is 0 Å². The van der Waals surface area contributed by atoms with Crippen molar-refractivity contribution in [2.75, 3.05) is 5.75 Å². The van der Waals surface area contributed by atoms with Crippen molar-refractivity contribution in [3.8, 4) is 0 Å². The Hall–Kier alpha value is -0.190. The van der Waals surface area contributed by atoms with Gasteiger partial charge in [0.25, 0.3) is 0 Å². The highest BCUT2D eigenvalue weighted by Crippen LogP contribution is 2.36. The van der Waals surface area contributed by atoms with E-state index < -0.39 is 0 Å². The van der Waals surface area contributed by atoms with Crippen LogP contribution >= 0.6 is 35.5 Å². The van der Waals surface area contributed by atoms with Crippen LogP contribution in [0.15, 0.2) is 21.9 Å². The molecule has 0 heterocycles. The number of hydrogen-bond acceptors (Lipinski definition) is 3. The molecule has 0 atom stereocenters. The van der Waals surface area contributed by atoms with E-state index in [2.05, 4.69) is 0 Å². The zero-order chi connectivity index (χ0) is 11.3. The molecule has 0 fully saturated rings. The molecule has 1 aromatic carbocycles. The first-order valence-electron chi connectivity index (χ1n) is 4.34. The summed E-state index contributed by atoms with van der Waals surface area (Å²) in [6, 6.07) is 3.34. The summed E-state index contributed by atoms with van der Waals surface area (Å²) in [4.78, 5) is 11.6. The van der Waals surface area contributed by atoms with E-state index in [1.807, 2.05) is 6.92 Å². The van der Waals surface area contributed by atoms with Gasteiger partial charge in [-0.3, -0.25) is 0 Å². The van der Waals surface area contributed by atoms with Gasteiger partial charge in [-0.2, -0.15) is 3.89 Å². The first-order chi connectivity index (χ1) is 7.20. The Labute approximate surface area is 102 Å². The Morgan fingerprint density at radius 1 is 1.53 bits per heavy atom. The third-order valence-corrected chi connectivity index (χ3v) is 4.16. The second kappa shape index (κ2) is 6.40. The number of rotatable bonds is 5. The standard InChI is InChI=1S/C10H10ClFOS2/c1-7-9(15-12)4-3-8(11)10(7)14-6-2-5-13/h3-5H,2,6H2,1H3. The third-order valence-electron chi connectivity index (χ3n) is 1.87. The number of benzene rings is 1. The summed E-state index contributed by atoms with van der Waals surface area (Å²) < 4.78 is 12.5. The minimum atomic E-state index is 0.216. The van der Waals surface area contributed by atoms with Crippen molar-refractivity contribution in [1.29, 1.82) is 0 Å². The van der Waals surface area contributed by atoms with E-state index in [1.54, 1.807) is 12.1 Å². The van der Waals surface area contributed by atoms with Crippen LogP contribution < -0.4 is 0 Å². The Kier molecular flexibility index (Phi) is 5.50. The maximum absolute atomic E-state index is 12.5. The quantitative estimate of drug-likeness (QED) is 0.448. The number of hydrogen-bond donors (Lipinski definition) is 0.